The van der Waals surface area contributed by atoms with Crippen molar-refractivity contribution in [3.8, 4) is 23.0 Å². The molecule has 0 N–H and O–H groups in total. The third-order valence-electron chi connectivity index (χ3n) is 5.91. The summed E-state index contributed by atoms with van der Waals surface area (Å²) in [4.78, 5) is 14.8. The van der Waals surface area contributed by atoms with Crippen LogP contribution in [-0.4, -0.2) is 45.3 Å². The van der Waals surface area contributed by atoms with Gasteiger partial charge in [0.05, 0.1) is 27.4 Å². The maximum atomic E-state index is 14.5. The summed E-state index contributed by atoms with van der Waals surface area (Å²) in [5.41, 5.74) is 1.10. The number of hydrogen-bond donors (Lipinski definition) is 0. The molecule has 0 aromatic heterocycles. The molecule has 0 spiro atoms. The lowest BCUT2D eigenvalue weighted by Gasteiger charge is -2.37. The molecule has 1 aliphatic rings. The Morgan fingerprint density at radius 3 is 2.15 bits per heavy atom. The van der Waals surface area contributed by atoms with Gasteiger partial charge in [-0.2, -0.15) is 0 Å². The number of halogens is 2. The van der Waals surface area contributed by atoms with E-state index in [4.69, 9.17) is 18.9 Å². The maximum Gasteiger partial charge on any atom is 0.260 e. The molecule has 0 bridgehead atoms. The highest BCUT2D eigenvalue weighted by atomic mass is 19.1. The van der Waals surface area contributed by atoms with Crippen LogP contribution in [0.4, 0.5) is 8.78 Å². The number of methoxy groups -OCH3 is 3. The lowest BCUT2D eigenvalue weighted by Crippen LogP contribution is -2.43. The summed E-state index contributed by atoms with van der Waals surface area (Å²) in [5.74, 6) is -0.504. The molecule has 6 nitrogen and oxygen atoms in total. The fourth-order valence-corrected chi connectivity index (χ4v) is 4.20. The maximum absolute atomic E-state index is 14.5. The number of benzene rings is 3. The summed E-state index contributed by atoms with van der Waals surface area (Å²) in [6.45, 7) is 0.277. The first-order valence-electron chi connectivity index (χ1n) is 10.7. The number of para-hydroxylation sites is 2. The highest BCUT2D eigenvalue weighted by Gasteiger charge is 2.35. The molecule has 178 valence electrons. The second-order valence-corrected chi connectivity index (χ2v) is 7.73. The highest BCUT2D eigenvalue weighted by molar-refractivity contribution is 5.95. The molecule has 3 aromatic rings. The van der Waals surface area contributed by atoms with Gasteiger partial charge in [-0.25, -0.2) is 8.78 Å². The molecule has 4 rings (SSSR count). The average molecular weight is 469 g/mol. The standard InChI is InChI=1S/C26H25F2NO5/c1-31-21-9-4-5-10-22(21)34-15-20-17-14-24(33-3)23(32-2)13-16(17)11-12-29(20)26(30)25-18(27)7-6-8-19(25)28/h4-10,13-14,20H,11-12,15H2,1-3H3/t20-/m1/s1. The molecule has 34 heavy (non-hydrogen) atoms. The van der Waals surface area contributed by atoms with Gasteiger partial charge in [0.2, 0.25) is 0 Å². The van der Waals surface area contributed by atoms with Crippen molar-refractivity contribution in [2.24, 2.45) is 0 Å². The van der Waals surface area contributed by atoms with Gasteiger partial charge < -0.3 is 23.8 Å². The van der Waals surface area contributed by atoms with Crippen molar-refractivity contribution in [1.82, 2.24) is 4.90 Å². The number of amides is 1. The van der Waals surface area contributed by atoms with Crippen molar-refractivity contribution in [1.29, 1.82) is 0 Å². The van der Waals surface area contributed by atoms with Gasteiger partial charge >= 0.3 is 0 Å². The first kappa shape index (κ1) is 23.4. The van der Waals surface area contributed by atoms with Crippen LogP contribution in [0.2, 0.25) is 0 Å². The molecular weight excluding hydrogens is 444 g/mol. The van der Waals surface area contributed by atoms with E-state index in [1.54, 1.807) is 31.4 Å². The first-order valence-corrected chi connectivity index (χ1v) is 10.7. The second-order valence-electron chi connectivity index (χ2n) is 7.73. The summed E-state index contributed by atoms with van der Waals surface area (Å²) in [5, 5.41) is 0. The molecule has 0 aliphatic carbocycles. The van der Waals surface area contributed by atoms with Crippen LogP contribution >= 0.6 is 0 Å². The normalized spacial score (nSPS) is 14.9. The molecule has 1 amide bonds. The largest absolute Gasteiger partial charge is 0.493 e. The monoisotopic (exact) mass is 469 g/mol. The van der Waals surface area contributed by atoms with E-state index in [0.717, 1.165) is 23.3 Å². The topological polar surface area (TPSA) is 57.2 Å². The number of ether oxygens (including phenoxy) is 4. The van der Waals surface area contributed by atoms with Crippen LogP contribution in [0.5, 0.6) is 23.0 Å². The smallest absolute Gasteiger partial charge is 0.260 e. The lowest BCUT2D eigenvalue weighted by atomic mass is 9.91. The Labute approximate surface area is 196 Å². The Morgan fingerprint density at radius 1 is 0.882 bits per heavy atom. The SMILES string of the molecule is COc1cc2c(cc1OC)[C@@H](COc1ccccc1OC)N(C(=O)c1c(F)cccc1F)CC2. The molecular formula is C26H25F2NO5. The van der Waals surface area contributed by atoms with Gasteiger partial charge in [0.25, 0.3) is 5.91 Å². The van der Waals surface area contributed by atoms with Crippen molar-refractivity contribution in [2.75, 3.05) is 34.5 Å². The van der Waals surface area contributed by atoms with E-state index in [1.165, 1.54) is 25.2 Å². The van der Waals surface area contributed by atoms with E-state index in [-0.39, 0.29) is 13.2 Å². The minimum atomic E-state index is -0.910. The minimum absolute atomic E-state index is 0.0324. The van der Waals surface area contributed by atoms with Crippen molar-refractivity contribution >= 4 is 5.91 Å². The fourth-order valence-electron chi connectivity index (χ4n) is 4.20. The van der Waals surface area contributed by atoms with E-state index >= 15 is 0 Å². The van der Waals surface area contributed by atoms with Gasteiger partial charge in [-0.05, 0) is 53.9 Å². The van der Waals surface area contributed by atoms with Gasteiger partial charge in [0, 0.05) is 6.54 Å². The third kappa shape index (κ3) is 4.35. The van der Waals surface area contributed by atoms with Gasteiger partial charge in [0.1, 0.15) is 23.8 Å². The van der Waals surface area contributed by atoms with Crippen LogP contribution in [0.3, 0.4) is 0 Å². The average Bonchev–Trinajstić information content (AvgIpc) is 2.86. The second kappa shape index (κ2) is 9.99. The van der Waals surface area contributed by atoms with Crippen LogP contribution < -0.4 is 18.9 Å². The summed E-state index contributed by atoms with van der Waals surface area (Å²) >= 11 is 0. The number of carbonyl (C=O) groups excluding carboxylic acids is 1. The van der Waals surface area contributed by atoms with Crippen LogP contribution in [0.25, 0.3) is 0 Å². The number of hydrogen-bond acceptors (Lipinski definition) is 5. The van der Waals surface area contributed by atoms with E-state index in [0.29, 0.717) is 29.4 Å². The molecule has 0 fully saturated rings. The molecule has 0 saturated heterocycles. The molecule has 3 aromatic carbocycles. The van der Waals surface area contributed by atoms with Crippen LogP contribution in [0.15, 0.2) is 54.6 Å². The Morgan fingerprint density at radius 2 is 1.50 bits per heavy atom. The Balaban J connectivity index is 1.76. The number of rotatable bonds is 7. The number of fused-ring (bicyclic) bond motifs is 1. The van der Waals surface area contributed by atoms with E-state index in [1.807, 2.05) is 12.1 Å². The van der Waals surface area contributed by atoms with Crippen molar-refractivity contribution in [3.63, 3.8) is 0 Å². The van der Waals surface area contributed by atoms with E-state index < -0.39 is 29.1 Å². The van der Waals surface area contributed by atoms with Crippen LogP contribution in [0.1, 0.15) is 27.5 Å². The summed E-state index contributed by atoms with van der Waals surface area (Å²) < 4.78 is 51.2. The quantitative estimate of drug-likeness (QED) is 0.497. The molecule has 0 unspecified atom stereocenters. The van der Waals surface area contributed by atoms with Gasteiger partial charge in [-0.15, -0.1) is 0 Å². The van der Waals surface area contributed by atoms with E-state index in [2.05, 4.69) is 0 Å². The Hall–Kier alpha value is -3.81. The van der Waals surface area contributed by atoms with Crippen LogP contribution in [-0.2, 0) is 6.42 Å². The molecule has 0 saturated carbocycles. The fraction of sp³-hybridized carbons (Fsp3) is 0.269. The van der Waals surface area contributed by atoms with Gasteiger partial charge in [0.15, 0.2) is 23.0 Å². The predicted octanol–water partition coefficient (Wildman–Crippen LogP) is 4.81. The van der Waals surface area contributed by atoms with Crippen molar-refractivity contribution in [3.05, 3.63) is 82.9 Å². The number of carbonyl (C=O) groups is 1. The van der Waals surface area contributed by atoms with Crippen molar-refractivity contribution in [2.45, 2.75) is 12.5 Å². The third-order valence-corrected chi connectivity index (χ3v) is 5.91. The summed E-state index contributed by atoms with van der Waals surface area (Å²) in [6, 6.07) is 13.5. The van der Waals surface area contributed by atoms with Gasteiger partial charge in [-0.1, -0.05) is 18.2 Å². The minimum Gasteiger partial charge on any atom is -0.493 e. The molecule has 1 atom stereocenters. The molecule has 1 aliphatic heterocycles. The zero-order valence-corrected chi connectivity index (χ0v) is 19.1. The number of nitrogens with zero attached hydrogens (tertiary/aromatic N) is 1. The zero-order valence-electron chi connectivity index (χ0n) is 19.1. The summed E-state index contributed by atoms with van der Waals surface area (Å²) in [6.07, 6.45) is 0.475. The molecule has 8 heteroatoms. The first-order chi connectivity index (χ1) is 16.5. The predicted molar refractivity (Wildman–Crippen MR) is 122 cm³/mol. The Kier molecular flexibility index (Phi) is 6.86. The zero-order chi connectivity index (χ0) is 24.2. The molecule has 0 radical (unpaired) electrons. The van der Waals surface area contributed by atoms with E-state index in [9.17, 15) is 13.6 Å². The Bertz CT molecular complexity index is 1180. The summed E-state index contributed by atoms with van der Waals surface area (Å²) in [7, 11) is 4.60. The van der Waals surface area contributed by atoms with Crippen LogP contribution in [0, 0.1) is 11.6 Å². The van der Waals surface area contributed by atoms with Crippen molar-refractivity contribution < 1.29 is 32.5 Å². The molecule has 1 heterocycles. The highest BCUT2D eigenvalue weighted by Crippen LogP contribution is 2.39. The van der Waals surface area contributed by atoms with Gasteiger partial charge in [-0.3, -0.25) is 4.79 Å². The lowest BCUT2D eigenvalue weighted by molar-refractivity contribution is 0.0577.